The Labute approximate surface area is 112 Å². The third-order valence-corrected chi connectivity index (χ3v) is 4.09. The van der Waals surface area contributed by atoms with Crippen molar-refractivity contribution < 1.29 is 9.18 Å². The zero-order valence-corrected chi connectivity index (χ0v) is 11.6. The van der Waals surface area contributed by atoms with E-state index in [-0.39, 0.29) is 22.7 Å². The summed E-state index contributed by atoms with van der Waals surface area (Å²) in [5.74, 6) is -0.346. The molecule has 5 heteroatoms. The van der Waals surface area contributed by atoms with E-state index in [1.807, 2.05) is 0 Å². The zero-order chi connectivity index (χ0) is 14.0. The summed E-state index contributed by atoms with van der Waals surface area (Å²) < 4.78 is 13.9. The molecular formula is C14H20FN3O. The Bertz CT molecular complexity index is 484. The van der Waals surface area contributed by atoms with Gasteiger partial charge in [-0.2, -0.15) is 0 Å². The molecule has 4 nitrogen and oxygen atoms in total. The number of amides is 1. The van der Waals surface area contributed by atoms with Crippen molar-refractivity contribution in [2.75, 3.05) is 18.9 Å². The molecule has 1 heterocycles. The van der Waals surface area contributed by atoms with Crippen LogP contribution in [0, 0.1) is 17.2 Å². The third-order valence-electron chi connectivity index (χ3n) is 4.09. The Balaban J connectivity index is 2.05. The SMILES string of the molecule is CNc1nccc(C(=O)NCC2(C(C)C)CC2)c1F. The van der Waals surface area contributed by atoms with E-state index in [2.05, 4.69) is 29.5 Å². The van der Waals surface area contributed by atoms with Crippen molar-refractivity contribution in [1.82, 2.24) is 10.3 Å². The van der Waals surface area contributed by atoms with Crippen molar-refractivity contribution in [3.63, 3.8) is 0 Å². The van der Waals surface area contributed by atoms with Crippen LogP contribution in [0.5, 0.6) is 0 Å². The van der Waals surface area contributed by atoms with Crippen molar-refractivity contribution in [3.05, 3.63) is 23.6 Å². The highest BCUT2D eigenvalue weighted by Gasteiger charge is 2.45. The Morgan fingerprint density at radius 2 is 2.21 bits per heavy atom. The molecule has 19 heavy (non-hydrogen) atoms. The van der Waals surface area contributed by atoms with Gasteiger partial charge in [0, 0.05) is 19.8 Å². The van der Waals surface area contributed by atoms with Gasteiger partial charge in [0.1, 0.15) is 0 Å². The number of carbonyl (C=O) groups excluding carboxylic acids is 1. The lowest BCUT2D eigenvalue weighted by molar-refractivity contribution is 0.0935. The molecule has 1 aliphatic carbocycles. The summed E-state index contributed by atoms with van der Waals surface area (Å²) in [4.78, 5) is 15.8. The lowest BCUT2D eigenvalue weighted by atomic mass is 9.92. The number of nitrogens with zero attached hydrogens (tertiary/aromatic N) is 1. The van der Waals surface area contributed by atoms with Crippen LogP contribution in [0.4, 0.5) is 10.2 Å². The Kier molecular flexibility index (Phi) is 3.73. The molecule has 1 amide bonds. The quantitative estimate of drug-likeness (QED) is 0.859. The van der Waals surface area contributed by atoms with Crippen LogP contribution in [0.25, 0.3) is 0 Å². The van der Waals surface area contributed by atoms with Gasteiger partial charge < -0.3 is 10.6 Å². The lowest BCUT2D eigenvalue weighted by Crippen LogP contribution is -2.33. The molecule has 0 aliphatic heterocycles. The third kappa shape index (κ3) is 2.69. The molecule has 0 aromatic carbocycles. The number of hydrogen-bond acceptors (Lipinski definition) is 3. The number of nitrogens with one attached hydrogen (secondary N) is 2. The highest BCUT2D eigenvalue weighted by molar-refractivity contribution is 5.95. The van der Waals surface area contributed by atoms with E-state index in [0.717, 1.165) is 12.8 Å². The Morgan fingerprint density at radius 3 is 2.74 bits per heavy atom. The maximum Gasteiger partial charge on any atom is 0.254 e. The van der Waals surface area contributed by atoms with Crippen LogP contribution >= 0.6 is 0 Å². The van der Waals surface area contributed by atoms with E-state index in [1.165, 1.54) is 12.3 Å². The molecule has 0 atom stereocenters. The second-order valence-electron chi connectivity index (χ2n) is 5.47. The first kappa shape index (κ1) is 13.8. The molecular weight excluding hydrogens is 245 g/mol. The van der Waals surface area contributed by atoms with Crippen LogP contribution in [0.2, 0.25) is 0 Å². The monoisotopic (exact) mass is 265 g/mol. The molecule has 2 rings (SSSR count). The average Bonchev–Trinajstić information content (AvgIpc) is 3.17. The number of aromatic nitrogens is 1. The van der Waals surface area contributed by atoms with Crippen molar-refractivity contribution in [2.45, 2.75) is 26.7 Å². The number of pyridine rings is 1. The summed E-state index contributed by atoms with van der Waals surface area (Å²) in [7, 11) is 1.57. The topological polar surface area (TPSA) is 54.0 Å². The van der Waals surface area contributed by atoms with E-state index >= 15 is 0 Å². The minimum Gasteiger partial charge on any atom is -0.371 e. The van der Waals surface area contributed by atoms with Gasteiger partial charge in [-0.1, -0.05) is 13.8 Å². The van der Waals surface area contributed by atoms with Crippen LogP contribution in [-0.4, -0.2) is 24.5 Å². The first-order valence-electron chi connectivity index (χ1n) is 6.60. The maximum absolute atomic E-state index is 13.9. The zero-order valence-electron chi connectivity index (χ0n) is 11.6. The van der Waals surface area contributed by atoms with Gasteiger partial charge in [0.25, 0.3) is 5.91 Å². The molecule has 0 spiro atoms. The number of anilines is 1. The number of halogens is 1. The number of hydrogen-bond donors (Lipinski definition) is 2. The predicted molar refractivity (Wildman–Crippen MR) is 72.6 cm³/mol. The van der Waals surface area contributed by atoms with Gasteiger partial charge in [-0.3, -0.25) is 4.79 Å². The summed E-state index contributed by atoms with van der Waals surface area (Å²) in [6.45, 7) is 4.93. The average molecular weight is 265 g/mol. The summed E-state index contributed by atoms with van der Waals surface area (Å²) >= 11 is 0. The summed E-state index contributed by atoms with van der Waals surface area (Å²) in [5, 5.41) is 5.47. The van der Waals surface area contributed by atoms with Gasteiger partial charge in [-0.25, -0.2) is 9.37 Å². The van der Waals surface area contributed by atoms with E-state index in [0.29, 0.717) is 12.5 Å². The van der Waals surface area contributed by atoms with Gasteiger partial charge in [-0.15, -0.1) is 0 Å². The fraction of sp³-hybridized carbons (Fsp3) is 0.571. The number of carbonyl (C=O) groups is 1. The first-order valence-corrected chi connectivity index (χ1v) is 6.60. The van der Waals surface area contributed by atoms with E-state index in [1.54, 1.807) is 7.05 Å². The van der Waals surface area contributed by atoms with Gasteiger partial charge in [-0.05, 0) is 30.2 Å². The molecule has 0 bridgehead atoms. The molecule has 104 valence electrons. The number of rotatable bonds is 5. The van der Waals surface area contributed by atoms with Gasteiger partial charge in [0.15, 0.2) is 11.6 Å². The van der Waals surface area contributed by atoms with Gasteiger partial charge in [0.05, 0.1) is 5.56 Å². The van der Waals surface area contributed by atoms with Crippen LogP contribution in [0.3, 0.4) is 0 Å². The van der Waals surface area contributed by atoms with Crippen LogP contribution in [-0.2, 0) is 0 Å². The predicted octanol–water partition coefficient (Wildman–Crippen LogP) is 2.43. The molecule has 1 fully saturated rings. The van der Waals surface area contributed by atoms with Crippen molar-refractivity contribution in [3.8, 4) is 0 Å². The summed E-state index contributed by atoms with van der Waals surface area (Å²) in [6, 6.07) is 1.40. The van der Waals surface area contributed by atoms with Crippen LogP contribution < -0.4 is 10.6 Å². The minimum absolute atomic E-state index is 0.0407. The highest BCUT2D eigenvalue weighted by atomic mass is 19.1. The minimum atomic E-state index is -0.600. The Morgan fingerprint density at radius 1 is 1.53 bits per heavy atom. The first-order chi connectivity index (χ1) is 9.00. The second kappa shape index (κ2) is 5.15. The summed E-state index contributed by atoms with van der Waals surface area (Å²) in [5.41, 5.74) is 0.254. The van der Waals surface area contributed by atoms with E-state index in [4.69, 9.17) is 0 Å². The van der Waals surface area contributed by atoms with Crippen LogP contribution in [0.15, 0.2) is 12.3 Å². The second-order valence-corrected chi connectivity index (χ2v) is 5.47. The molecule has 0 radical (unpaired) electrons. The highest BCUT2D eigenvalue weighted by Crippen LogP contribution is 2.51. The van der Waals surface area contributed by atoms with Crippen LogP contribution in [0.1, 0.15) is 37.0 Å². The molecule has 1 aromatic heterocycles. The smallest absolute Gasteiger partial charge is 0.254 e. The molecule has 1 aromatic rings. The van der Waals surface area contributed by atoms with E-state index < -0.39 is 5.82 Å². The van der Waals surface area contributed by atoms with Crippen molar-refractivity contribution in [2.24, 2.45) is 11.3 Å². The summed E-state index contributed by atoms with van der Waals surface area (Å²) in [6.07, 6.45) is 3.69. The molecule has 1 aliphatic rings. The van der Waals surface area contributed by atoms with Crippen molar-refractivity contribution in [1.29, 1.82) is 0 Å². The van der Waals surface area contributed by atoms with Gasteiger partial charge in [0.2, 0.25) is 0 Å². The Hall–Kier alpha value is -1.65. The largest absolute Gasteiger partial charge is 0.371 e. The fourth-order valence-corrected chi connectivity index (χ4v) is 2.26. The molecule has 0 unspecified atom stereocenters. The van der Waals surface area contributed by atoms with Gasteiger partial charge >= 0.3 is 0 Å². The van der Waals surface area contributed by atoms with E-state index in [9.17, 15) is 9.18 Å². The molecule has 2 N–H and O–H groups in total. The fourth-order valence-electron chi connectivity index (χ4n) is 2.26. The lowest BCUT2D eigenvalue weighted by Gasteiger charge is -2.20. The standard InChI is InChI=1S/C14H20FN3O/c1-9(2)14(5-6-14)8-18-13(19)10-4-7-17-12(16-3)11(10)15/h4,7,9H,5-6,8H2,1-3H3,(H,16,17)(H,18,19). The molecule has 1 saturated carbocycles. The normalized spacial score (nSPS) is 16.3. The van der Waals surface area contributed by atoms with Crippen molar-refractivity contribution >= 4 is 11.7 Å². The maximum atomic E-state index is 13.9. The molecule has 0 saturated heterocycles.